The molecular weight excluding hydrogens is 676 g/mol. The number of nitrogens with zero attached hydrogens (tertiary/aromatic N) is 2. The molecule has 1 aliphatic rings. The van der Waals surface area contributed by atoms with E-state index in [2.05, 4.69) is 36.9 Å². The van der Waals surface area contributed by atoms with Gasteiger partial charge in [-0.3, -0.25) is 9.36 Å². The van der Waals surface area contributed by atoms with Crippen LogP contribution in [0.5, 0.6) is 11.5 Å². The first-order valence-corrected chi connectivity index (χ1v) is 15.2. The van der Waals surface area contributed by atoms with Gasteiger partial charge in [-0.25, -0.2) is 9.79 Å². The maximum absolute atomic E-state index is 14.0. The summed E-state index contributed by atoms with van der Waals surface area (Å²) in [5.41, 5.74) is 1.96. The molecule has 0 saturated heterocycles. The van der Waals surface area contributed by atoms with E-state index in [1.165, 1.54) is 15.9 Å². The molecule has 212 valence electrons. The van der Waals surface area contributed by atoms with Gasteiger partial charge >= 0.3 is 5.97 Å². The van der Waals surface area contributed by atoms with Crippen LogP contribution in [-0.2, 0) is 9.53 Å². The molecule has 0 spiro atoms. The van der Waals surface area contributed by atoms with Gasteiger partial charge in [-0.2, -0.15) is 0 Å². The molecule has 1 aliphatic heterocycles. The molecule has 0 N–H and O–H groups in total. The first kappa shape index (κ1) is 29.1. The molecule has 3 heterocycles. The van der Waals surface area contributed by atoms with Crippen LogP contribution in [0.2, 0.25) is 0 Å². The van der Waals surface area contributed by atoms with Gasteiger partial charge in [-0.1, -0.05) is 55.3 Å². The second-order valence-electron chi connectivity index (χ2n) is 8.97. The Kier molecular flexibility index (Phi) is 8.67. The largest absolute Gasteiger partial charge is 0.493 e. The summed E-state index contributed by atoms with van der Waals surface area (Å²) in [4.78, 5) is 32.3. The molecule has 2 aromatic heterocycles. The lowest BCUT2D eigenvalue weighted by Crippen LogP contribution is -2.40. The fraction of sp³-hybridized carbons (Fsp3) is 0.233. The summed E-state index contributed by atoms with van der Waals surface area (Å²) in [6.45, 7) is 5.98. The summed E-state index contributed by atoms with van der Waals surface area (Å²) >= 11 is 8.35. The van der Waals surface area contributed by atoms with E-state index in [0.717, 1.165) is 10.0 Å². The van der Waals surface area contributed by atoms with Crippen molar-refractivity contribution in [2.75, 3.05) is 20.3 Å². The number of thiazole rings is 1. The van der Waals surface area contributed by atoms with Gasteiger partial charge in [0.25, 0.3) is 5.56 Å². The number of aromatic nitrogens is 1. The highest BCUT2D eigenvalue weighted by Crippen LogP contribution is 2.41. The van der Waals surface area contributed by atoms with Gasteiger partial charge in [0, 0.05) is 20.6 Å². The van der Waals surface area contributed by atoms with Crippen molar-refractivity contribution in [1.29, 1.82) is 0 Å². The van der Waals surface area contributed by atoms with Gasteiger partial charge in [-0.05, 0) is 62.7 Å². The molecule has 11 heteroatoms. The van der Waals surface area contributed by atoms with Crippen LogP contribution in [0.15, 0.2) is 83.0 Å². The van der Waals surface area contributed by atoms with E-state index in [4.69, 9.17) is 18.6 Å². The molecule has 0 aliphatic carbocycles. The Morgan fingerprint density at radius 2 is 1.93 bits per heavy atom. The second kappa shape index (κ2) is 12.2. The van der Waals surface area contributed by atoms with Crippen LogP contribution in [0, 0.1) is 0 Å². The number of methoxy groups -OCH3 is 1. The van der Waals surface area contributed by atoms with Crippen molar-refractivity contribution in [2.24, 2.45) is 4.99 Å². The van der Waals surface area contributed by atoms with Gasteiger partial charge in [0.05, 0.1) is 42.2 Å². The monoisotopic (exact) mass is 700 g/mol. The molecule has 0 bridgehead atoms. The number of allylic oxidation sites excluding steroid dienone is 1. The van der Waals surface area contributed by atoms with E-state index in [-0.39, 0.29) is 17.7 Å². The number of halogens is 2. The average Bonchev–Trinajstić information content (AvgIpc) is 3.53. The van der Waals surface area contributed by atoms with Crippen molar-refractivity contribution >= 4 is 55.2 Å². The Morgan fingerprint density at radius 1 is 1.12 bits per heavy atom. The van der Waals surface area contributed by atoms with Crippen LogP contribution >= 0.6 is 43.2 Å². The quantitative estimate of drug-likeness (QED) is 0.210. The molecule has 0 radical (unpaired) electrons. The van der Waals surface area contributed by atoms with Gasteiger partial charge in [0.15, 0.2) is 16.3 Å². The molecule has 0 amide bonds. The number of fused-ring (bicyclic) bond motifs is 1. The third-order valence-corrected chi connectivity index (χ3v) is 8.57. The number of carbonyl (C=O) groups is 1. The average molecular weight is 702 g/mol. The Bertz CT molecular complexity index is 1850. The Hall–Kier alpha value is -3.41. The molecular formula is C30H26Br2N2O6S. The minimum absolute atomic E-state index is 0.180. The third kappa shape index (κ3) is 5.71. The summed E-state index contributed by atoms with van der Waals surface area (Å²) in [7, 11) is 1.54. The minimum Gasteiger partial charge on any atom is -0.493 e. The Labute approximate surface area is 256 Å². The zero-order valence-corrected chi connectivity index (χ0v) is 26.7. The van der Waals surface area contributed by atoms with Gasteiger partial charge in [-0.15, -0.1) is 0 Å². The Balaban J connectivity index is 1.68. The van der Waals surface area contributed by atoms with Gasteiger partial charge in [0.1, 0.15) is 11.5 Å². The van der Waals surface area contributed by atoms with Crippen molar-refractivity contribution in [3.05, 3.63) is 99.8 Å². The predicted octanol–water partition coefficient (Wildman–Crippen LogP) is 5.99. The fourth-order valence-electron chi connectivity index (χ4n) is 4.63. The second-order valence-corrected chi connectivity index (χ2v) is 11.8. The molecule has 1 atom stereocenters. The fourth-order valence-corrected chi connectivity index (χ4v) is 6.60. The molecule has 5 rings (SSSR count). The molecule has 0 unspecified atom stereocenters. The number of esters is 1. The normalized spacial score (nSPS) is 15.0. The van der Waals surface area contributed by atoms with Crippen molar-refractivity contribution in [3.8, 4) is 22.8 Å². The maximum Gasteiger partial charge on any atom is 0.338 e. The van der Waals surface area contributed by atoms with Crippen molar-refractivity contribution < 1.29 is 23.4 Å². The zero-order chi connectivity index (χ0) is 29.3. The highest BCUT2D eigenvalue weighted by molar-refractivity contribution is 9.10. The lowest BCUT2D eigenvalue weighted by Gasteiger charge is -2.26. The number of benzene rings is 2. The maximum atomic E-state index is 14.0. The molecule has 41 heavy (non-hydrogen) atoms. The van der Waals surface area contributed by atoms with Crippen LogP contribution in [0.25, 0.3) is 17.4 Å². The minimum atomic E-state index is -0.819. The first-order chi connectivity index (χ1) is 19.7. The SMILES string of the molecule is CCOC(=O)C1=C(C)N=c2s/c(=C/c3ccc(-c4cccc(Br)c4)o3)c(=O)n2[C@H]1c1cc(OC)c(OCC)cc1Br. The standard InChI is InChI=1S/C30H26Br2N2O6S/c1-5-38-24-15-21(32)20(14-23(24)37-4)27-26(29(36)39-6-2)16(3)33-30-34(27)28(35)25(41-30)13-19-10-11-22(40-19)17-8-7-9-18(31)12-17/h7-15,27H,5-6H2,1-4H3/b25-13+/t27-/m0/s1. The van der Waals surface area contributed by atoms with E-state index in [0.29, 0.717) is 54.7 Å². The summed E-state index contributed by atoms with van der Waals surface area (Å²) in [5, 5.41) is 0. The molecule has 2 aromatic carbocycles. The topological polar surface area (TPSA) is 92.3 Å². The summed E-state index contributed by atoms with van der Waals surface area (Å²) < 4.78 is 26.3. The van der Waals surface area contributed by atoms with Crippen LogP contribution in [0.4, 0.5) is 0 Å². The van der Waals surface area contributed by atoms with Crippen LogP contribution in [-0.4, -0.2) is 30.9 Å². The lowest BCUT2D eigenvalue weighted by atomic mass is 9.95. The van der Waals surface area contributed by atoms with Crippen LogP contribution < -0.4 is 24.4 Å². The summed E-state index contributed by atoms with van der Waals surface area (Å²) in [6, 6.07) is 14.2. The number of rotatable bonds is 8. The van der Waals surface area contributed by atoms with Crippen molar-refractivity contribution in [2.45, 2.75) is 26.8 Å². The summed E-state index contributed by atoms with van der Waals surface area (Å²) in [6.07, 6.45) is 1.69. The highest BCUT2D eigenvalue weighted by Gasteiger charge is 2.35. The van der Waals surface area contributed by atoms with Crippen LogP contribution in [0.3, 0.4) is 0 Å². The van der Waals surface area contributed by atoms with E-state index in [1.54, 1.807) is 39.2 Å². The van der Waals surface area contributed by atoms with E-state index >= 15 is 0 Å². The van der Waals surface area contributed by atoms with E-state index in [1.807, 2.05) is 43.3 Å². The number of hydrogen-bond donors (Lipinski definition) is 0. The van der Waals surface area contributed by atoms with E-state index in [9.17, 15) is 9.59 Å². The highest BCUT2D eigenvalue weighted by atomic mass is 79.9. The molecule has 8 nitrogen and oxygen atoms in total. The van der Waals surface area contributed by atoms with Crippen molar-refractivity contribution in [3.63, 3.8) is 0 Å². The molecule has 4 aromatic rings. The molecule has 0 saturated carbocycles. The number of ether oxygens (including phenoxy) is 3. The molecule has 0 fully saturated rings. The predicted molar refractivity (Wildman–Crippen MR) is 164 cm³/mol. The van der Waals surface area contributed by atoms with Gasteiger partial charge in [0.2, 0.25) is 0 Å². The Morgan fingerprint density at radius 3 is 2.63 bits per heavy atom. The van der Waals surface area contributed by atoms with Crippen LogP contribution in [0.1, 0.15) is 38.1 Å². The third-order valence-electron chi connectivity index (χ3n) is 6.40. The lowest BCUT2D eigenvalue weighted by molar-refractivity contribution is -0.139. The smallest absolute Gasteiger partial charge is 0.338 e. The zero-order valence-electron chi connectivity index (χ0n) is 22.7. The summed E-state index contributed by atoms with van der Waals surface area (Å²) in [5.74, 6) is 1.66. The van der Waals surface area contributed by atoms with Crippen molar-refractivity contribution in [1.82, 2.24) is 4.57 Å². The number of furan rings is 1. The number of hydrogen-bond acceptors (Lipinski definition) is 8. The van der Waals surface area contributed by atoms with Gasteiger partial charge < -0.3 is 18.6 Å². The van der Waals surface area contributed by atoms with E-state index < -0.39 is 12.0 Å². The first-order valence-electron chi connectivity index (χ1n) is 12.8. The number of carbonyl (C=O) groups excluding carboxylic acids is 1.